The smallest absolute Gasteiger partial charge is 0.316 e. The molecule has 0 bridgehead atoms. The van der Waals surface area contributed by atoms with Crippen LogP contribution in [0.15, 0.2) is 55.6 Å². The van der Waals surface area contributed by atoms with Crippen molar-refractivity contribution in [1.29, 1.82) is 5.26 Å². The van der Waals surface area contributed by atoms with Crippen molar-refractivity contribution in [2.45, 2.75) is 45.4 Å². The molecule has 0 aliphatic rings. The van der Waals surface area contributed by atoms with Gasteiger partial charge in [0.25, 0.3) is 0 Å². The molecule has 170 valence electrons. The summed E-state index contributed by atoms with van der Waals surface area (Å²) in [5, 5.41) is 8.87. The second-order valence-corrected chi connectivity index (χ2v) is 8.02. The Balaban J connectivity index is 1.32. The number of benzene rings is 1. The zero-order valence-electron chi connectivity index (χ0n) is 19.2. The van der Waals surface area contributed by atoms with E-state index in [0.717, 1.165) is 41.5 Å². The van der Waals surface area contributed by atoms with Gasteiger partial charge in [-0.25, -0.2) is 19.9 Å². The van der Waals surface area contributed by atoms with Crippen LogP contribution in [0.4, 0.5) is 0 Å². The molecule has 3 rings (SSSR count). The average Bonchev–Trinajstić information content (AvgIpc) is 2.85. The van der Waals surface area contributed by atoms with Crippen LogP contribution in [0.1, 0.15) is 61.3 Å². The van der Waals surface area contributed by atoms with E-state index in [4.69, 9.17) is 14.7 Å². The predicted molar refractivity (Wildman–Crippen MR) is 127 cm³/mol. The summed E-state index contributed by atoms with van der Waals surface area (Å²) < 4.78 is 11.3. The third-order valence-electron chi connectivity index (χ3n) is 5.14. The fourth-order valence-electron chi connectivity index (χ4n) is 3.03. The molecule has 0 spiro atoms. The summed E-state index contributed by atoms with van der Waals surface area (Å²) in [6.07, 6.45) is 10.6. The van der Waals surface area contributed by atoms with Crippen LogP contribution >= 0.6 is 0 Å². The Hall–Kier alpha value is -3.79. The predicted octanol–water partition coefficient (Wildman–Crippen LogP) is 5.15. The van der Waals surface area contributed by atoms with E-state index in [9.17, 15) is 0 Å². The SMILES string of the molecule is C=C(CCOc1ncc(CCCCOc2ncc(C(C)C)cn2)cn1)c1ccc(C#N)cc1. The minimum Gasteiger partial charge on any atom is -0.463 e. The van der Waals surface area contributed by atoms with Crippen molar-refractivity contribution >= 4 is 5.57 Å². The van der Waals surface area contributed by atoms with Crippen molar-refractivity contribution in [3.05, 3.63) is 77.9 Å². The van der Waals surface area contributed by atoms with Gasteiger partial charge in [-0.15, -0.1) is 0 Å². The summed E-state index contributed by atoms with van der Waals surface area (Å²) in [5.41, 5.74) is 4.73. The van der Waals surface area contributed by atoms with Crippen molar-refractivity contribution in [1.82, 2.24) is 19.9 Å². The van der Waals surface area contributed by atoms with Gasteiger partial charge in [-0.3, -0.25) is 0 Å². The summed E-state index contributed by atoms with van der Waals surface area (Å²) in [6.45, 7) is 9.32. The summed E-state index contributed by atoms with van der Waals surface area (Å²) in [4.78, 5) is 17.1. The molecule has 7 heteroatoms. The number of nitriles is 1. The van der Waals surface area contributed by atoms with Gasteiger partial charge in [0.15, 0.2) is 0 Å². The van der Waals surface area contributed by atoms with Gasteiger partial charge in [-0.2, -0.15) is 5.26 Å². The Labute approximate surface area is 195 Å². The Bertz CT molecular complexity index is 1060. The van der Waals surface area contributed by atoms with Crippen LogP contribution in [0.2, 0.25) is 0 Å². The molecule has 0 radical (unpaired) electrons. The summed E-state index contributed by atoms with van der Waals surface area (Å²) in [7, 11) is 0. The molecule has 0 aliphatic carbocycles. The Morgan fingerprint density at radius 3 is 2.12 bits per heavy atom. The fourth-order valence-corrected chi connectivity index (χ4v) is 3.03. The van der Waals surface area contributed by atoms with Gasteiger partial charge in [0.1, 0.15) is 0 Å². The van der Waals surface area contributed by atoms with E-state index in [2.05, 4.69) is 46.4 Å². The van der Waals surface area contributed by atoms with Crippen LogP contribution in [0.3, 0.4) is 0 Å². The largest absolute Gasteiger partial charge is 0.463 e. The van der Waals surface area contributed by atoms with Crippen LogP contribution in [0.5, 0.6) is 12.0 Å². The van der Waals surface area contributed by atoms with Gasteiger partial charge in [0.05, 0.1) is 24.8 Å². The van der Waals surface area contributed by atoms with Gasteiger partial charge in [0, 0.05) is 31.2 Å². The first-order valence-electron chi connectivity index (χ1n) is 11.1. The maximum atomic E-state index is 8.87. The molecule has 0 fully saturated rings. The third-order valence-corrected chi connectivity index (χ3v) is 5.14. The maximum absolute atomic E-state index is 8.87. The summed E-state index contributed by atoms with van der Waals surface area (Å²) >= 11 is 0. The molecule has 33 heavy (non-hydrogen) atoms. The highest BCUT2D eigenvalue weighted by Gasteiger charge is 2.04. The highest BCUT2D eigenvalue weighted by atomic mass is 16.5. The molecule has 0 atom stereocenters. The van der Waals surface area contributed by atoms with E-state index in [0.29, 0.717) is 43.1 Å². The Morgan fingerprint density at radius 2 is 1.52 bits per heavy atom. The normalized spacial score (nSPS) is 10.6. The minimum absolute atomic E-state index is 0.358. The number of hydrogen-bond donors (Lipinski definition) is 0. The highest BCUT2D eigenvalue weighted by molar-refractivity contribution is 5.63. The molecule has 0 aliphatic heterocycles. The number of rotatable bonds is 12. The molecule has 2 aromatic heterocycles. The number of aromatic nitrogens is 4. The minimum atomic E-state index is 0.358. The molecular formula is C26H29N5O2. The van der Waals surface area contributed by atoms with E-state index in [1.54, 1.807) is 24.5 Å². The van der Waals surface area contributed by atoms with E-state index in [1.165, 1.54) is 0 Å². The molecule has 0 amide bonds. The Morgan fingerprint density at radius 1 is 0.909 bits per heavy atom. The zero-order valence-corrected chi connectivity index (χ0v) is 19.2. The van der Waals surface area contributed by atoms with Gasteiger partial charge in [-0.05, 0) is 59.6 Å². The lowest BCUT2D eigenvalue weighted by Gasteiger charge is -2.08. The van der Waals surface area contributed by atoms with Crippen LogP contribution in [0.25, 0.3) is 5.57 Å². The molecule has 7 nitrogen and oxygen atoms in total. The Kier molecular flexibility index (Phi) is 8.89. The lowest BCUT2D eigenvalue weighted by molar-refractivity contribution is 0.282. The zero-order chi connectivity index (χ0) is 23.5. The van der Waals surface area contributed by atoms with Crippen molar-refractivity contribution < 1.29 is 9.47 Å². The molecule has 0 N–H and O–H groups in total. The van der Waals surface area contributed by atoms with Crippen LogP contribution < -0.4 is 9.47 Å². The van der Waals surface area contributed by atoms with E-state index < -0.39 is 0 Å². The van der Waals surface area contributed by atoms with E-state index in [-0.39, 0.29) is 0 Å². The average molecular weight is 444 g/mol. The van der Waals surface area contributed by atoms with Crippen molar-refractivity contribution in [3.8, 4) is 18.1 Å². The second kappa shape index (κ2) is 12.3. The van der Waals surface area contributed by atoms with Crippen LogP contribution in [-0.4, -0.2) is 33.1 Å². The van der Waals surface area contributed by atoms with E-state index >= 15 is 0 Å². The molecular weight excluding hydrogens is 414 g/mol. The highest BCUT2D eigenvalue weighted by Crippen LogP contribution is 2.17. The first kappa shape index (κ1) is 23.9. The molecule has 0 unspecified atom stereocenters. The number of aryl methyl sites for hydroxylation is 1. The number of ether oxygens (including phenoxy) is 2. The first-order valence-corrected chi connectivity index (χ1v) is 11.1. The van der Waals surface area contributed by atoms with Crippen molar-refractivity contribution in [2.75, 3.05) is 13.2 Å². The molecule has 1 aromatic carbocycles. The second-order valence-electron chi connectivity index (χ2n) is 8.02. The van der Waals surface area contributed by atoms with Crippen molar-refractivity contribution in [3.63, 3.8) is 0 Å². The monoisotopic (exact) mass is 443 g/mol. The van der Waals surface area contributed by atoms with Gasteiger partial charge < -0.3 is 9.47 Å². The fraction of sp³-hybridized carbons (Fsp3) is 0.346. The van der Waals surface area contributed by atoms with Gasteiger partial charge in [-0.1, -0.05) is 32.6 Å². The molecule has 2 heterocycles. The van der Waals surface area contributed by atoms with E-state index in [1.807, 2.05) is 24.5 Å². The number of hydrogen-bond acceptors (Lipinski definition) is 7. The summed E-state index contributed by atoms with van der Waals surface area (Å²) in [6, 6.07) is 10.3. The first-order chi connectivity index (χ1) is 16.0. The molecule has 0 saturated heterocycles. The van der Waals surface area contributed by atoms with Crippen LogP contribution in [0, 0.1) is 11.3 Å². The van der Waals surface area contributed by atoms with Gasteiger partial charge >= 0.3 is 12.0 Å². The number of unbranched alkanes of at least 4 members (excludes halogenated alkanes) is 1. The lowest BCUT2D eigenvalue weighted by atomic mass is 10.0. The summed E-state index contributed by atoms with van der Waals surface area (Å²) in [5.74, 6) is 0.409. The number of nitrogens with zero attached hydrogens (tertiary/aromatic N) is 5. The molecule has 3 aromatic rings. The van der Waals surface area contributed by atoms with Crippen molar-refractivity contribution in [2.24, 2.45) is 0 Å². The van der Waals surface area contributed by atoms with Gasteiger partial charge in [0.2, 0.25) is 0 Å². The third kappa shape index (κ3) is 7.69. The topological polar surface area (TPSA) is 93.8 Å². The maximum Gasteiger partial charge on any atom is 0.316 e. The standard InChI is InChI=1S/C26H29N5O2/c1-19(2)24-17-30-26(31-18-24)32-12-5-4-6-22-15-28-25(29-16-22)33-13-11-20(3)23-9-7-21(14-27)8-10-23/h7-10,15-19H,3-6,11-13H2,1-2H3. The quantitative estimate of drug-likeness (QED) is 0.357. The van der Waals surface area contributed by atoms with Crippen LogP contribution in [-0.2, 0) is 6.42 Å². The lowest BCUT2D eigenvalue weighted by Crippen LogP contribution is -2.04. The molecule has 0 saturated carbocycles.